The van der Waals surface area contributed by atoms with Crippen LogP contribution in [0.15, 0.2) is 71.6 Å². The third-order valence-electron chi connectivity index (χ3n) is 3.89. The second kappa shape index (κ2) is 6.90. The SMILES string of the molecule is Cc1ccc(S(=O)(=O)Nc2ccc(Cl)cc2-c2cccc(C)c2)cc1. The molecule has 3 aromatic rings. The van der Waals surface area contributed by atoms with E-state index in [1.54, 1.807) is 42.5 Å². The van der Waals surface area contributed by atoms with Crippen LogP contribution in [-0.4, -0.2) is 8.42 Å². The zero-order valence-corrected chi connectivity index (χ0v) is 15.5. The average molecular weight is 372 g/mol. The summed E-state index contributed by atoms with van der Waals surface area (Å²) in [5.74, 6) is 0. The monoisotopic (exact) mass is 371 g/mol. The van der Waals surface area contributed by atoms with E-state index in [0.717, 1.165) is 22.3 Å². The normalized spacial score (nSPS) is 11.3. The van der Waals surface area contributed by atoms with Crippen LogP contribution in [0.4, 0.5) is 5.69 Å². The van der Waals surface area contributed by atoms with Crippen LogP contribution >= 0.6 is 11.6 Å². The molecule has 0 aliphatic rings. The Morgan fingerprint density at radius 1 is 0.840 bits per heavy atom. The second-order valence-electron chi connectivity index (χ2n) is 5.98. The van der Waals surface area contributed by atoms with Crippen molar-refractivity contribution < 1.29 is 8.42 Å². The Balaban J connectivity index is 2.04. The van der Waals surface area contributed by atoms with Gasteiger partial charge in [-0.05, 0) is 49.7 Å². The van der Waals surface area contributed by atoms with Crippen LogP contribution in [0.2, 0.25) is 5.02 Å². The van der Waals surface area contributed by atoms with E-state index in [2.05, 4.69) is 4.72 Å². The zero-order chi connectivity index (χ0) is 18.0. The van der Waals surface area contributed by atoms with Crippen molar-refractivity contribution in [2.24, 2.45) is 0 Å². The van der Waals surface area contributed by atoms with Gasteiger partial charge in [-0.1, -0.05) is 59.1 Å². The van der Waals surface area contributed by atoms with Crippen LogP contribution < -0.4 is 4.72 Å². The molecule has 3 rings (SSSR count). The fourth-order valence-electron chi connectivity index (χ4n) is 2.58. The Labute approximate surface area is 153 Å². The maximum absolute atomic E-state index is 12.7. The first kappa shape index (κ1) is 17.5. The number of aryl methyl sites for hydroxylation is 2. The molecule has 3 aromatic carbocycles. The van der Waals surface area contributed by atoms with Crippen LogP contribution in [0, 0.1) is 13.8 Å². The van der Waals surface area contributed by atoms with E-state index >= 15 is 0 Å². The quantitative estimate of drug-likeness (QED) is 0.665. The van der Waals surface area contributed by atoms with Gasteiger partial charge >= 0.3 is 0 Å². The summed E-state index contributed by atoms with van der Waals surface area (Å²) in [4.78, 5) is 0.225. The Bertz CT molecular complexity index is 1010. The number of rotatable bonds is 4. The van der Waals surface area contributed by atoms with Crippen LogP contribution in [0.25, 0.3) is 11.1 Å². The van der Waals surface area contributed by atoms with Gasteiger partial charge in [0.1, 0.15) is 0 Å². The van der Waals surface area contributed by atoms with Gasteiger partial charge in [-0.15, -0.1) is 0 Å². The summed E-state index contributed by atoms with van der Waals surface area (Å²) in [6.07, 6.45) is 0. The van der Waals surface area contributed by atoms with Crippen molar-refractivity contribution in [2.45, 2.75) is 18.7 Å². The lowest BCUT2D eigenvalue weighted by Crippen LogP contribution is -2.13. The molecule has 3 nitrogen and oxygen atoms in total. The molecule has 0 spiro atoms. The van der Waals surface area contributed by atoms with Crippen LogP contribution in [0.3, 0.4) is 0 Å². The van der Waals surface area contributed by atoms with E-state index in [-0.39, 0.29) is 4.90 Å². The van der Waals surface area contributed by atoms with Gasteiger partial charge in [-0.25, -0.2) is 8.42 Å². The third kappa shape index (κ3) is 4.03. The Kier molecular flexibility index (Phi) is 4.84. The van der Waals surface area contributed by atoms with Crippen molar-refractivity contribution >= 4 is 27.3 Å². The number of sulfonamides is 1. The molecule has 25 heavy (non-hydrogen) atoms. The smallest absolute Gasteiger partial charge is 0.261 e. The van der Waals surface area contributed by atoms with E-state index in [9.17, 15) is 8.42 Å². The minimum Gasteiger partial charge on any atom is -0.279 e. The molecule has 1 N–H and O–H groups in total. The van der Waals surface area contributed by atoms with Crippen molar-refractivity contribution in [3.8, 4) is 11.1 Å². The summed E-state index contributed by atoms with van der Waals surface area (Å²) >= 11 is 6.13. The first-order valence-electron chi connectivity index (χ1n) is 7.81. The van der Waals surface area contributed by atoms with Gasteiger partial charge < -0.3 is 0 Å². The number of nitrogens with one attached hydrogen (secondary N) is 1. The van der Waals surface area contributed by atoms with E-state index in [0.29, 0.717) is 10.7 Å². The first-order valence-corrected chi connectivity index (χ1v) is 9.67. The molecule has 5 heteroatoms. The van der Waals surface area contributed by atoms with Crippen molar-refractivity contribution in [2.75, 3.05) is 4.72 Å². The van der Waals surface area contributed by atoms with E-state index in [4.69, 9.17) is 11.6 Å². The number of anilines is 1. The summed E-state index contributed by atoms with van der Waals surface area (Å²) in [6, 6.07) is 19.7. The lowest BCUT2D eigenvalue weighted by molar-refractivity contribution is 0.601. The van der Waals surface area contributed by atoms with E-state index < -0.39 is 10.0 Å². The Hall–Kier alpha value is -2.30. The summed E-state index contributed by atoms with van der Waals surface area (Å²) < 4.78 is 28.1. The summed E-state index contributed by atoms with van der Waals surface area (Å²) in [5.41, 5.74) is 4.24. The van der Waals surface area contributed by atoms with Crippen LogP contribution in [0.5, 0.6) is 0 Å². The maximum atomic E-state index is 12.7. The minimum atomic E-state index is -3.68. The lowest BCUT2D eigenvalue weighted by Gasteiger charge is -2.14. The van der Waals surface area contributed by atoms with Gasteiger partial charge in [0.05, 0.1) is 10.6 Å². The number of halogens is 1. The minimum absolute atomic E-state index is 0.225. The molecule has 0 radical (unpaired) electrons. The molecule has 0 bridgehead atoms. The molecular formula is C20H18ClNO2S. The van der Waals surface area contributed by atoms with Crippen molar-refractivity contribution in [3.05, 3.63) is 82.9 Å². The highest BCUT2D eigenvalue weighted by Crippen LogP contribution is 2.32. The van der Waals surface area contributed by atoms with Crippen molar-refractivity contribution in [3.63, 3.8) is 0 Å². The molecule has 0 aromatic heterocycles. The summed E-state index contributed by atoms with van der Waals surface area (Å²) in [7, 11) is -3.68. The highest BCUT2D eigenvalue weighted by Gasteiger charge is 2.17. The Morgan fingerprint density at radius 2 is 1.56 bits per heavy atom. The topological polar surface area (TPSA) is 46.2 Å². The van der Waals surface area contributed by atoms with E-state index in [1.807, 2.05) is 38.1 Å². The molecule has 0 unspecified atom stereocenters. The van der Waals surface area contributed by atoms with Gasteiger partial charge in [-0.3, -0.25) is 4.72 Å². The standard InChI is InChI=1S/C20H18ClNO2S/c1-14-6-9-18(10-7-14)25(23,24)22-20-11-8-17(21)13-19(20)16-5-3-4-15(2)12-16/h3-13,22H,1-2H3. The summed E-state index contributed by atoms with van der Waals surface area (Å²) in [6.45, 7) is 3.91. The summed E-state index contributed by atoms with van der Waals surface area (Å²) in [5, 5.41) is 0.551. The predicted octanol–water partition coefficient (Wildman–Crippen LogP) is 5.42. The Morgan fingerprint density at radius 3 is 2.24 bits per heavy atom. The average Bonchev–Trinajstić information content (AvgIpc) is 2.57. The predicted molar refractivity (Wildman–Crippen MR) is 104 cm³/mol. The number of benzene rings is 3. The van der Waals surface area contributed by atoms with Gasteiger partial charge in [0.25, 0.3) is 10.0 Å². The lowest BCUT2D eigenvalue weighted by atomic mass is 10.0. The molecule has 0 atom stereocenters. The van der Waals surface area contributed by atoms with Gasteiger partial charge in [0, 0.05) is 10.6 Å². The molecule has 0 aliphatic heterocycles. The van der Waals surface area contributed by atoms with Gasteiger partial charge in [0.15, 0.2) is 0 Å². The van der Waals surface area contributed by atoms with Gasteiger partial charge in [-0.2, -0.15) is 0 Å². The van der Waals surface area contributed by atoms with Crippen LogP contribution in [0.1, 0.15) is 11.1 Å². The molecule has 0 saturated carbocycles. The zero-order valence-electron chi connectivity index (χ0n) is 14.0. The number of hydrogen-bond acceptors (Lipinski definition) is 2. The van der Waals surface area contributed by atoms with Crippen molar-refractivity contribution in [1.82, 2.24) is 0 Å². The maximum Gasteiger partial charge on any atom is 0.261 e. The van der Waals surface area contributed by atoms with Crippen molar-refractivity contribution in [1.29, 1.82) is 0 Å². The highest BCUT2D eigenvalue weighted by molar-refractivity contribution is 7.92. The fourth-order valence-corrected chi connectivity index (χ4v) is 3.83. The van der Waals surface area contributed by atoms with Gasteiger partial charge in [0.2, 0.25) is 0 Å². The van der Waals surface area contributed by atoms with E-state index in [1.165, 1.54) is 0 Å². The molecule has 128 valence electrons. The molecule has 0 aliphatic carbocycles. The number of hydrogen-bond donors (Lipinski definition) is 1. The first-order chi connectivity index (χ1) is 11.8. The molecule has 0 heterocycles. The third-order valence-corrected chi connectivity index (χ3v) is 5.50. The highest BCUT2D eigenvalue weighted by atomic mass is 35.5. The fraction of sp³-hybridized carbons (Fsp3) is 0.100. The largest absolute Gasteiger partial charge is 0.279 e. The molecule has 0 amide bonds. The molecular weight excluding hydrogens is 354 g/mol. The molecule has 0 saturated heterocycles. The second-order valence-corrected chi connectivity index (χ2v) is 8.10. The van der Waals surface area contributed by atoms with Crippen LogP contribution in [-0.2, 0) is 10.0 Å². The molecule has 0 fully saturated rings.